The first-order valence-electron chi connectivity index (χ1n) is 7.14. The van der Waals surface area contributed by atoms with E-state index in [2.05, 4.69) is 32.2 Å². The van der Waals surface area contributed by atoms with Gasteiger partial charge >= 0.3 is 0 Å². The third-order valence-electron chi connectivity index (χ3n) is 3.91. The molecular weight excluding hydrogens is 286 g/mol. The number of fused-ring (bicyclic) bond motifs is 1. The molecule has 1 unspecified atom stereocenters. The molecule has 5 nitrogen and oxygen atoms in total. The van der Waals surface area contributed by atoms with Crippen LogP contribution in [0.4, 0.5) is 0 Å². The number of hydrogen-bond donors (Lipinski definition) is 2. The number of pyridine rings is 1. The zero-order valence-electron chi connectivity index (χ0n) is 11.5. The number of nitrogens with zero attached hydrogens (tertiary/aromatic N) is 3. The molecule has 0 aromatic carbocycles. The van der Waals surface area contributed by atoms with Gasteiger partial charge in [0.2, 0.25) is 0 Å². The van der Waals surface area contributed by atoms with Crippen molar-refractivity contribution in [3.63, 3.8) is 0 Å². The van der Waals surface area contributed by atoms with E-state index in [1.807, 2.05) is 24.5 Å². The van der Waals surface area contributed by atoms with Crippen LogP contribution < -0.4 is 10.6 Å². The first-order valence-corrected chi connectivity index (χ1v) is 7.51. The Morgan fingerprint density at radius 1 is 1.38 bits per heavy atom. The van der Waals surface area contributed by atoms with Crippen molar-refractivity contribution in [1.29, 1.82) is 0 Å². The average Bonchev–Trinajstić information content (AvgIpc) is 2.86. The highest BCUT2D eigenvalue weighted by atomic mass is 35.5. The van der Waals surface area contributed by atoms with Gasteiger partial charge in [0, 0.05) is 24.3 Å². The number of halogens is 1. The van der Waals surface area contributed by atoms with E-state index in [1.54, 1.807) is 0 Å². The van der Waals surface area contributed by atoms with Crippen molar-refractivity contribution in [2.45, 2.75) is 18.5 Å². The fourth-order valence-electron chi connectivity index (χ4n) is 2.67. The second-order valence-electron chi connectivity index (χ2n) is 5.42. The summed E-state index contributed by atoms with van der Waals surface area (Å²) in [6.45, 7) is 2.01. The Morgan fingerprint density at radius 3 is 3.10 bits per heavy atom. The minimum Gasteiger partial charge on any atom is -0.365 e. The number of rotatable bonds is 2. The largest absolute Gasteiger partial charge is 0.365 e. The van der Waals surface area contributed by atoms with Gasteiger partial charge in [-0.2, -0.15) is 0 Å². The Bertz CT molecular complexity index is 729. The fraction of sp³-hybridized carbons (Fsp3) is 0.333. The molecule has 4 rings (SSSR count). The lowest BCUT2D eigenvalue weighted by Crippen LogP contribution is -2.56. The van der Waals surface area contributed by atoms with Crippen LogP contribution in [0, 0.1) is 0 Å². The van der Waals surface area contributed by atoms with Gasteiger partial charge in [-0.3, -0.25) is 4.99 Å². The molecule has 1 atom stereocenters. The topological polar surface area (TPSA) is 53.7 Å². The highest BCUT2D eigenvalue weighted by Crippen LogP contribution is 2.26. The molecule has 0 radical (unpaired) electrons. The van der Waals surface area contributed by atoms with Crippen LogP contribution in [-0.4, -0.2) is 34.4 Å². The van der Waals surface area contributed by atoms with Crippen LogP contribution in [0.25, 0.3) is 5.65 Å². The van der Waals surface area contributed by atoms with E-state index < -0.39 is 0 Å². The number of dihydropyridines is 1. The van der Waals surface area contributed by atoms with Gasteiger partial charge in [-0.1, -0.05) is 17.7 Å². The summed E-state index contributed by atoms with van der Waals surface area (Å²) < 4.78 is 2.06. The highest BCUT2D eigenvalue weighted by molar-refractivity contribution is 6.30. The lowest BCUT2D eigenvalue weighted by molar-refractivity contribution is 0.411. The van der Waals surface area contributed by atoms with E-state index >= 15 is 0 Å². The Hall–Kier alpha value is -1.85. The van der Waals surface area contributed by atoms with Gasteiger partial charge in [0.1, 0.15) is 11.5 Å². The number of aliphatic imine (C=N–C) groups is 1. The maximum absolute atomic E-state index is 6.01. The van der Waals surface area contributed by atoms with Gasteiger partial charge in [-0.05, 0) is 24.6 Å². The van der Waals surface area contributed by atoms with Crippen LogP contribution in [0.15, 0.2) is 41.7 Å². The molecule has 0 amide bonds. The lowest BCUT2D eigenvalue weighted by Gasteiger charge is -2.30. The van der Waals surface area contributed by atoms with E-state index in [4.69, 9.17) is 16.6 Å². The highest BCUT2D eigenvalue weighted by Gasteiger charge is 2.21. The predicted octanol–water partition coefficient (Wildman–Crippen LogP) is 1.95. The van der Waals surface area contributed by atoms with Crippen LogP contribution >= 0.6 is 11.6 Å². The van der Waals surface area contributed by atoms with Gasteiger partial charge < -0.3 is 15.0 Å². The molecule has 2 aliphatic rings. The molecule has 2 aromatic rings. The van der Waals surface area contributed by atoms with E-state index in [-0.39, 0.29) is 6.04 Å². The third kappa shape index (κ3) is 2.43. The molecule has 21 heavy (non-hydrogen) atoms. The molecule has 108 valence electrons. The van der Waals surface area contributed by atoms with E-state index in [9.17, 15) is 0 Å². The van der Waals surface area contributed by atoms with Gasteiger partial charge in [-0.15, -0.1) is 0 Å². The van der Waals surface area contributed by atoms with Crippen LogP contribution in [0.5, 0.6) is 0 Å². The molecule has 4 heterocycles. The number of aromatic nitrogens is 2. The maximum atomic E-state index is 6.01. The summed E-state index contributed by atoms with van der Waals surface area (Å²) in [6, 6.07) is 4.34. The van der Waals surface area contributed by atoms with Gasteiger partial charge in [0.05, 0.1) is 24.0 Å². The van der Waals surface area contributed by atoms with Gasteiger partial charge in [0.15, 0.2) is 0 Å². The predicted molar refractivity (Wildman–Crippen MR) is 83.9 cm³/mol. The van der Waals surface area contributed by atoms with E-state index in [0.717, 1.165) is 36.7 Å². The second-order valence-corrected chi connectivity index (χ2v) is 5.86. The summed E-state index contributed by atoms with van der Waals surface area (Å²) in [4.78, 5) is 9.24. The van der Waals surface area contributed by atoms with E-state index in [1.165, 1.54) is 0 Å². The molecule has 0 spiro atoms. The first-order chi connectivity index (χ1) is 10.3. The molecule has 2 N–H and O–H groups in total. The molecule has 1 fully saturated rings. The van der Waals surface area contributed by atoms with Crippen LogP contribution in [0.1, 0.15) is 18.2 Å². The van der Waals surface area contributed by atoms with Gasteiger partial charge in [-0.25, -0.2) is 4.98 Å². The zero-order chi connectivity index (χ0) is 14.2. The monoisotopic (exact) mass is 301 g/mol. The van der Waals surface area contributed by atoms with Crippen molar-refractivity contribution in [2.75, 3.05) is 13.1 Å². The molecule has 0 saturated carbocycles. The standard InChI is InChI=1S/C15H16ClN5/c16-10-4-5-21-13(9-18-15(21)6-10)12-2-1-3-14(20-12)19-11-7-17-8-11/h1,3-6,9,11-12,17H,2,7-8H2,(H,19,20). The van der Waals surface area contributed by atoms with Crippen molar-refractivity contribution in [2.24, 2.45) is 4.99 Å². The van der Waals surface area contributed by atoms with Crippen LogP contribution in [0.2, 0.25) is 5.02 Å². The maximum Gasteiger partial charge on any atom is 0.138 e. The quantitative estimate of drug-likeness (QED) is 0.891. The van der Waals surface area contributed by atoms with Crippen LogP contribution in [0.3, 0.4) is 0 Å². The molecule has 6 heteroatoms. The Morgan fingerprint density at radius 2 is 2.29 bits per heavy atom. The Kier molecular flexibility index (Phi) is 3.16. The Balaban J connectivity index is 1.63. The number of hydrogen-bond acceptors (Lipinski definition) is 4. The van der Waals surface area contributed by atoms with Crippen molar-refractivity contribution in [1.82, 2.24) is 20.0 Å². The minimum absolute atomic E-state index is 0.0988. The molecule has 0 aliphatic carbocycles. The summed E-state index contributed by atoms with van der Waals surface area (Å²) in [5.74, 6) is 0.960. The lowest BCUT2D eigenvalue weighted by atomic mass is 10.1. The number of imidazole rings is 1. The summed E-state index contributed by atoms with van der Waals surface area (Å²) in [6.07, 6.45) is 8.97. The SMILES string of the molecule is Clc1ccn2c(C3CC=CC(NC4CNC4)=N3)cnc2c1. The molecule has 1 saturated heterocycles. The summed E-state index contributed by atoms with van der Waals surface area (Å²) in [5, 5.41) is 7.41. The van der Waals surface area contributed by atoms with Crippen molar-refractivity contribution >= 4 is 23.1 Å². The third-order valence-corrected chi connectivity index (χ3v) is 4.14. The van der Waals surface area contributed by atoms with E-state index in [0.29, 0.717) is 11.1 Å². The number of amidine groups is 1. The second kappa shape index (κ2) is 5.16. The first kappa shape index (κ1) is 12.9. The minimum atomic E-state index is 0.0988. The van der Waals surface area contributed by atoms with Gasteiger partial charge in [0.25, 0.3) is 0 Å². The smallest absolute Gasteiger partial charge is 0.138 e. The molecule has 0 bridgehead atoms. The summed E-state index contributed by atoms with van der Waals surface area (Å²) in [7, 11) is 0. The molecular formula is C15H16ClN5. The number of nitrogens with one attached hydrogen (secondary N) is 2. The fourth-order valence-corrected chi connectivity index (χ4v) is 2.82. The van der Waals surface area contributed by atoms with Crippen molar-refractivity contribution in [3.8, 4) is 0 Å². The Labute approximate surface area is 127 Å². The molecule has 2 aromatic heterocycles. The van der Waals surface area contributed by atoms with Crippen molar-refractivity contribution < 1.29 is 0 Å². The normalized spacial score (nSPS) is 22.1. The average molecular weight is 302 g/mol. The zero-order valence-corrected chi connectivity index (χ0v) is 12.2. The molecule has 2 aliphatic heterocycles. The summed E-state index contributed by atoms with van der Waals surface area (Å²) in [5.41, 5.74) is 1.96. The van der Waals surface area contributed by atoms with Crippen molar-refractivity contribution in [3.05, 3.63) is 47.4 Å². The van der Waals surface area contributed by atoms with Crippen LogP contribution in [-0.2, 0) is 0 Å². The summed E-state index contributed by atoms with van der Waals surface area (Å²) >= 11 is 6.01.